The van der Waals surface area contributed by atoms with Gasteiger partial charge in [-0.15, -0.1) is 0 Å². The monoisotopic (exact) mass is 1160 g/mol. The van der Waals surface area contributed by atoms with E-state index < -0.39 is 28.3 Å². The van der Waals surface area contributed by atoms with Crippen molar-refractivity contribution in [3.8, 4) is 11.5 Å². The Morgan fingerprint density at radius 3 is 1.32 bits per heavy atom. The number of esters is 2. The van der Waals surface area contributed by atoms with Crippen molar-refractivity contribution in [2.75, 3.05) is 66.5 Å². The van der Waals surface area contributed by atoms with E-state index in [0.29, 0.717) is 99.1 Å². The topological polar surface area (TPSA) is 317 Å². The van der Waals surface area contributed by atoms with E-state index in [2.05, 4.69) is 51.8 Å². The van der Waals surface area contributed by atoms with Crippen molar-refractivity contribution in [1.29, 1.82) is 0 Å². The van der Waals surface area contributed by atoms with Crippen LogP contribution in [-0.2, 0) is 41.4 Å². The summed E-state index contributed by atoms with van der Waals surface area (Å²) in [6, 6.07) is 29.8. The number of aryl methyl sites for hydroxylation is 2. The second-order valence-corrected chi connectivity index (χ2v) is 20.7. The Morgan fingerprint density at radius 1 is 0.536 bits per heavy atom. The first-order valence-corrected chi connectivity index (χ1v) is 27.7. The fraction of sp³-hybridized carbons (Fsp3) is 0.400. The third kappa shape index (κ3) is 25.5. The first kappa shape index (κ1) is 65.3. The van der Waals surface area contributed by atoms with Crippen LogP contribution in [0.15, 0.2) is 109 Å². The quantitative estimate of drug-likeness (QED) is 0.00754. The van der Waals surface area contributed by atoms with Crippen molar-refractivity contribution >= 4 is 81.8 Å². The van der Waals surface area contributed by atoms with Gasteiger partial charge in [0.15, 0.2) is 5.82 Å². The average Bonchev–Trinajstić information content (AvgIpc) is 3.65. The SMILES string of the molecule is CCOC(=O)CCCOc1ccc(Nc2nc(Nc3ccc(CCCNC(=O)OC(C)(C)C)cc3)ncc2N)cc1.CCOC(=O)CCCOc1ccc(Nc2nc(Nc3ccc(CCCNC(=O)OC(C)(C)C)cc3)ncc2[N+](=O)[O-])cc1. The lowest BCUT2D eigenvalue weighted by Crippen LogP contribution is -2.33. The van der Waals surface area contributed by atoms with Gasteiger partial charge in [0.05, 0.1) is 43.2 Å². The van der Waals surface area contributed by atoms with Crippen molar-refractivity contribution in [1.82, 2.24) is 30.6 Å². The van der Waals surface area contributed by atoms with E-state index in [4.69, 9.17) is 34.2 Å². The molecule has 0 aliphatic heterocycles. The van der Waals surface area contributed by atoms with Crippen LogP contribution in [0.25, 0.3) is 0 Å². The first-order valence-electron chi connectivity index (χ1n) is 27.7. The van der Waals surface area contributed by atoms with Gasteiger partial charge in [0.1, 0.15) is 28.9 Å². The number of anilines is 9. The molecule has 84 heavy (non-hydrogen) atoms. The number of benzene rings is 4. The van der Waals surface area contributed by atoms with Crippen molar-refractivity contribution < 1.29 is 52.5 Å². The van der Waals surface area contributed by atoms with Crippen molar-refractivity contribution in [3.63, 3.8) is 0 Å². The Hall–Kier alpha value is -9.48. The molecule has 2 heterocycles. The molecule has 0 radical (unpaired) electrons. The maximum atomic E-state index is 11.8. The summed E-state index contributed by atoms with van der Waals surface area (Å²) >= 11 is 0. The number of carbonyl (C=O) groups excluding carboxylic acids is 4. The summed E-state index contributed by atoms with van der Waals surface area (Å²) in [6.45, 7) is 17.0. The van der Waals surface area contributed by atoms with Gasteiger partial charge in [0.2, 0.25) is 17.7 Å². The predicted octanol–water partition coefficient (Wildman–Crippen LogP) is 11.8. The summed E-state index contributed by atoms with van der Waals surface area (Å²) in [5.74, 6) is 1.90. The number of hydrogen-bond acceptors (Lipinski definition) is 21. The van der Waals surface area contributed by atoms with E-state index >= 15 is 0 Å². The van der Waals surface area contributed by atoms with E-state index in [1.165, 1.54) is 0 Å². The van der Waals surface area contributed by atoms with E-state index in [-0.39, 0.29) is 35.8 Å². The maximum absolute atomic E-state index is 11.8. The van der Waals surface area contributed by atoms with Gasteiger partial charge in [-0.25, -0.2) is 19.6 Å². The number of amides is 2. The molecule has 0 spiro atoms. The molecule has 450 valence electrons. The fourth-order valence-corrected chi connectivity index (χ4v) is 7.40. The third-order valence-corrected chi connectivity index (χ3v) is 11.3. The zero-order valence-electron chi connectivity index (χ0n) is 49.0. The molecule has 0 aliphatic carbocycles. The largest absolute Gasteiger partial charge is 0.494 e. The van der Waals surface area contributed by atoms with Crippen LogP contribution in [0.2, 0.25) is 0 Å². The highest BCUT2D eigenvalue weighted by atomic mass is 16.6. The lowest BCUT2D eigenvalue weighted by molar-refractivity contribution is -0.384. The number of nitrogen functional groups attached to an aromatic ring is 1. The number of nitrogens with zero attached hydrogens (tertiary/aromatic N) is 5. The number of aromatic nitrogens is 4. The molecule has 0 aliphatic rings. The van der Waals surface area contributed by atoms with E-state index in [1.54, 1.807) is 44.3 Å². The van der Waals surface area contributed by atoms with Crippen LogP contribution in [0.1, 0.15) is 105 Å². The van der Waals surface area contributed by atoms with Crippen molar-refractivity contribution in [2.24, 2.45) is 0 Å². The van der Waals surface area contributed by atoms with E-state index in [1.807, 2.05) is 114 Å². The van der Waals surface area contributed by atoms with Crippen LogP contribution in [0.5, 0.6) is 11.5 Å². The molecule has 4 aromatic carbocycles. The maximum Gasteiger partial charge on any atom is 0.407 e. The standard InChI is InChI=1S/C30H38N6O7.C30H40N6O5/c1-5-41-26(37)9-7-19-42-24-16-14-22(15-17-24)33-27-25(36(39)40)20-32-28(35-27)34-23-12-10-21(11-13-23)8-6-18-31-29(38)43-30(2,3)4;1-5-39-26(37)9-7-19-40-24-16-14-22(15-17-24)34-27-25(31)20-33-28(36-27)35-23-12-10-21(11-13-23)8-6-18-32-29(38)41-30(2,3)4/h10-17,20H,5-9,18-19H2,1-4H3,(H,31,38)(H2,32,33,34,35);10-17,20H,5-9,18-19,31H2,1-4H3,(H,32,38)(H2,33,34,35,36). The molecule has 0 bridgehead atoms. The summed E-state index contributed by atoms with van der Waals surface area (Å²) in [5.41, 5.74) is 10.3. The highest BCUT2D eigenvalue weighted by Gasteiger charge is 2.20. The number of rotatable bonds is 29. The van der Waals surface area contributed by atoms with Crippen LogP contribution in [0.3, 0.4) is 0 Å². The molecular weight excluding hydrogens is 1080 g/mol. The van der Waals surface area contributed by atoms with E-state index in [0.717, 1.165) is 54.4 Å². The molecule has 6 aromatic rings. The number of ether oxygens (including phenoxy) is 6. The number of nitro groups is 1. The zero-order chi connectivity index (χ0) is 60.9. The normalized spacial score (nSPS) is 10.9. The minimum Gasteiger partial charge on any atom is -0.494 e. The average molecular weight is 1160 g/mol. The molecule has 0 fully saturated rings. The molecule has 0 saturated carbocycles. The molecule has 8 N–H and O–H groups in total. The fourth-order valence-electron chi connectivity index (χ4n) is 7.40. The molecular formula is C60H78N12O12. The molecule has 24 nitrogen and oxygen atoms in total. The van der Waals surface area contributed by atoms with Gasteiger partial charge < -0.3 is 66.1 Å². The molecule has 0 unspecified atom stereocenters. The molecule has 0 saturated heterocycles. The first-order chi connectivity index (χ1) is 40.1. The van der Waals surface area contributed by atoms with Crippen LogP contribution in [0, 0.1) is 10.1 Å². The lowest BCUT2D eigenvalue weighted by Gasteiger charge is -2.19. The number of nitrogens with one attached hydrogen (secondary N) is 6. The summed E-state index contributed by atoms with van der Waals surface area (Å²) < 4.78 is 31.6. The van der Waals surface area contributed by atoms with Crippen LogP contribution >= 0.6 is 0 Å². The van der Waals surface area contributed by atoms with Gasteiger partial charge >= 0.3 is 29.8 Å². The zero-order valence-corrected chi connectivity index (χ0v) is 49.0. The second kappa shape index (κ2) is 33.4. The Morgan fingerprint density at radius 2 is 0.917 bits per heavy atom. The summed E-state index contributed by atoms with van der Waals surface area (Å²) in [6.07, 6.45) is 6.69. The minimum absolute atomic E-state index is 0.0275. The van der Waals surface area contributed by atoms with Crippen molar-refractivity contribution in [3.05, 3.63) is 131 Å². The van der Waals surface area contributed by atoms with Crippen LogP contribution in [0.4, 0.5) is 67.2 Å². The smallest absolute Gasteiger partial charge is 0.407 e. The molecule has 2 aromatic heterocycles. The molecule has 6 rings (SSSR count). The van der Waals surface area contributed by atoms with Gasteiger partial charge in [-0.2, -0.15) is 9.97 Å². The molecule has 0 atom stereocenters. The molecule has 24 heteroatoms. The second-order valence-electron chi connectivity index (χ2n) is 20.7. The Labute approximate surface area is 489 Å². The van der Waals surface area contributed by atoms with Crippen molar-refractivity contribution in [2.45, 2.75) is 118 Å². The predicted molar refractivity (Wildman–Crippen MR) is 322 cm³/mol. The Kier molecular flexibility index (Phi) is 26.0. The number of carbonyl (C=O) groups is 4. The Bertz CT molecular complexity index is 3030. The third-order valence-electron chi connectivity index (χ3n) is 11.3. The summed E-state index contributed by atoms with van der Waals surface area (Å²) in [4.78, 5) is 74.6. The van der Waals surface area contributed by atoms with Crippen LogP contribution < -0.4 is 47.1 Å². The highest BCUT2D eigenvalue weighted by Crippen LogP contribution is 2.29. The highest BCUT2D eigenvalue weighted by molar-refractivity contribution is 5.72. The van der Waals surface area contributed by atoms with Gasteiger partial charge in [-0.3, -0.25) is 19.7 Å². The molecule has 2 amide bonds. The number of hydrogen-bond donors (Lipinski definition) is 7. The van der Waals surface area contributed by atoms with E-state index in [9.17, 15) is 29.3 Å². The number of alkyl carbamates (subject to hydrolysis) is 2. The minimum atomic E-state index is -0.556. The Balaban J connectivity index is 0.000000308. The van der Waals surface area contributed by atoms with Gasteiger partial charge in [-0.1, -0.05) is 24.3 Å². The van der Waals surface area contributed by atoms with Gasteiger partial charge in [-0.05, 0) is 178 Å². The number of nitrogens with two attached hydrogens (primary N) is 1. The summed E-state index contributed by atoms with van der Waals surface area (Å²) in [7, 11) is 0. The van der Waals surface area contributed by atoms with Crippen LogP contribution in [-0.4, -0.2) is 99.7 Å². The summed E-state index contributed by atoms with van der Waals surface area (Å²) in [5, 5.41) is 29.6. The lowest BCUT2D eigenvalue weighted by atomic mass is 10.1. The van der Waals surface area contributed by atoms with Gasteiger partial charge in [0.25, 0.3) is 0 Å². The van der Waals surface area contributed by atoms with Gasteiger partial charge in [0, 0.05) is 48.7 Å².